The lowest BCUT2D eigenvalue weighted by Crippen LogP contribution is -2.25. The number of amides is 1. The van der Waals surface area contributed by atoms with Crippen LogP contribution in [0.4, 0.5) is 5.82 Å². The average Bonchev–Trinajstić information content (AvgIpc) is 3.02. The summed E-state index contributed by atoms with van der Waals surface area (Å²) in [6.07, 6.45) is 3.85. The highest BCUT2D eigenvalue weighted by atomic mass is 35.5. The van der Waals surface area contributed by atoms with Crippen LogP contribution in [0, 0.1) is 5.92 Å². The van der Waals surface area contributed by atoms with E-state index in [-0.39, 0.29) is 11.7 Å². The predicted octanol–water partition coefficient (Wildman–Crippen LogP) is 1.46. The van der Waals surface area contributed by atoms with Crippen molar-refractivity contribution in [1.82, 2.24) is 10.3 Å². The number of halogens is 1. The SMILES string of the molecule is Nc1ncc(C(=O)NCC2CC2)cc1Cl. The monoisotopic (exact) mass is 225 g/mol. The van der Waals surface area contributed by atoms with Gasteiger partial charge in [-0.05, 0) is 24.8 Å². The summed E-state index contributed by atoms with van der Waals surface area (Å²) in [7, 11) is 0. The molecule has 1 aliphatic carbocycles. The van der Waals surface area contributed by atoms with Gasteiger partial charge in [-0.1, -0.05) is 11.6 Å². The van der Waals surface area contributed by atoms with E-state index < -0.39 is 0 Å². The lowest BCUT2D eigenvalue weighted by atomic mass is 10.2. The van der Waals surface area contributed by atoms with Gasteiger partial charge in [-0.15, -0.1) is 0 Å². The molecular weight excluding hydrogens is 214 g/mol. The molecule has 1 aromatic heterocycles. The van der Waals surface area contributed by atoms with E-state index in [0.29, 0.717) is 16.5 Å². The third kappa shape index (κ3) is 2.59. The number of pyridine rings is 1. The molecule has 1 saturated carbocycles. The van der Waals surface area contributed by atoms with Gasteiger partial charge in [0.05, 0.1) is 10.6 Å². The van der Waals surface area contributed by atoms with E-state index in [0.717, 1.165) is 6.54 Å². The molecular formula is C10H12ClN3O. The summed E-state index contributed by atoms with van der Waals surface area (Å²) in [6, 6.07) is 1.53. The molecule has 0 bridgehead atoms. The zero-order valence-corrected chi connectivity index (χ0v) is 8.92. The number of hydrogen-bond acceptors (Lipinski definition) is 3. The molecule has 1 aromatic rings. The molecule has 0 unspecified atom stereocenters. The van der Waals surface area contributed by atoms with Crippen LogP contribution in [0.1, 0.15) is 23.2 Å². The summed E-state index contributed by atoms with van der Waals surface area (Å²) >= 11 is 5.77. The van der Waals surface area contributed by atoms with Crippen molar-refractivity contribution in [3.05, 3.63) is 22.8 Å². The first kappa shape index (κ1) is 10.2. The fourth-order valence-electron chi connectivity index (χ4n) is 1.23. The highest BCUT2D eigenvalue weighted by Crippen LogP contribution is 2.27. The molecule has 5 heteroatoms. The molecule has 2 rings (SSSR count). The minimum Gasteiger partial charge on any atom is -0.382 e. The Morgan fingerprint density at radius 3 is 3.00 bits per heavy atom. The Morgan fingerprint density at radius 2 is 2.40 bits per heavy atom. The van der Waals surface area contributed by atoms with Gasteiger partial charge in [-0.3, -0.25) is 4.79 Å². The summed E-state index contributed by atoms with van der Waals surface area (Å²) < 4.78 is 0. The van der Waals surface area contributed by atoms with E-state index in [4.69, 9.17) is 17.3 Å². The summed E-state index contributed by atoms with van der Waals surface area (Å²) in [5.41, 5.74) is 5.90. The number of anilines is 1. The third-order valence-electron chi connectivity index (χ3n) is 2.38. The number of hydrogen-bond donors (Lipinski definition) is 2. The standard InChI is InChI=1S/C10H12ClN3O/c11-8-3-7(5-13-9(8)12)10(15)14-4-6-1-2-6/h3,5-6H,1-2,4H2,(H2,12,13)(H,14,15). The van der Waals surface area contributed by atoms with Gasteiger partial charge in [-0.25, -0.2) is 4.98 Å². The number of carbonyl (C=O) groups is 1. The third-order valence-corrected chi connectivity index (χ3v) is 2.68. The molecule has 1 fully saturated rings. The summed E-state index contributed by atoms with van der Waals surface area (Å²) in [5, 5.41) is 3.14. The molecule has 80 valence electrons. The average molecular weight is 226 g/mol. The van der Waals surface area contributed by atoms with Gasteiger partial charge in [-0.2, -0.15) is 0 Å². The van der Waals surface area contributed by atoms with E-state index in [1.807, 2.05) is 0 Å². The molecule has 0 radical (unpaired) electrons. The zero-order valence-electron chi connectivity index (χ0n) is 8.16. The van der Waals surface area contributed by atoms with E-state index in [2.05, 4.69) is 10.3 Å². The number of nitrogens with one attached hydrogen (secondary N) is 1. The molecule has 0 atom stereocenters. The fraction of sp³-hybridized carbons (Fsp3) is 0.400. The molecule has 4 nitrogen and oxygen atoms in total. The van der Waals surface area contributed by atoms with Crippen LogP contribution < -0.4 is 11.1 Å². The fourth-order valence-corrected chi connectivity index (χ4v) is 1.40. The number of aromatic nitrogens is 1. The second-order valence-electron chi connectivity index (χ2n) is 3.74. The quantitative estimate of drug-likeness (QED) is 0.818. The van der Waals surface area contributed by atoms with Gasteiger partial charge in [0.1, 0.15) is 5.82 Å². The molecule has 1 aliphatic rings. The highest BCUT2D eigenvalue weighted by Gasteiger charge is 2.22. The van der Waals surface area contributed by atoms with E-state index in [1.165, 1.54) is 25.1 Å². The first-order valence-electron chi connectivity index (χ1n) is 4.86. The van der Waals surface area contributed by atoms with Gasteiger partial charge in [0.15, 0.2) is 0 Å². The van der Waals surface area contributed by atoms with Crippen molar-refractivity contribution in [3.63, 3.8) is 0 Å². The topological polar surface area (TPSA) is 68.0 Å². The smallest absolute Gasteiger partial charge is 0.252 e. The first-order valence-corrected chi connectivity index (χ1v) is 5.24. The number of nitrogens with two attached hydrogens (primary N) is 1. The minimum atomic E-state index is -0.142. The summed E-state index contributed by atoms with van der Waals surface area (Å²) in [5.74, 6) is 0.762. The second-order valence-corrected chi connectivity index (χ2v) is 4.15. The highest BCUT2D eigenvalue weighted by molar-refractivity contribution is 6.33. The number of nitrogen functional groups attached to an aromatic ring is 1. The maximum absolute atomic E-state index is 11.6. The predicted molar refractivity (Wildman–Crippen MR) is 58.7 cm³/mol. The number of carbonyl (C=O) groups excluding carboxylic acids is 1. The van der Waals surface area contributed by atoms with Gasteiger partial charge < -0.3 is 11.1 Å². The largest absolute Gasteiger partial charge is 0.382 e. The van der Waals surface area contributed by atoms with Crippen molar-refractivity contribution >= 4 is 23.3 Å². The van der Waals surface area contributed by atoms with Crippen LogP contribution in [0.3, 0.4) is 0 Å². The molecule has 0 aromatic carbocycles. The Morgan fingerprint density at radius 1 is 1.67 bits per heavy atom. The maximum Gasteiger partial charge on any atom is 0.252 e. The Hall–Kier alpha value is -1.29. The van der Waals surface area contributed by atoms with Gasteiger partial charge in [0.25, 0.3) is 5.91 Å². The molecule has 0 saturated heterocycles. The van der Waals surface area contributed by atoms with Crippen molar-refractivity contribution in [3.8, 4) is 0 Å². The van der Waals surface area contributed by atoms with Gasteiger partial charge in [0, 0.05) is 12.7 Å². The molecule has 1 amide bonds. The first-order chi connectivity index (χ1) is 7.16. The Labute approximate surface area is 92.8 Å². The second kappa shape index (κ2) is 4.06. The van der Waals surface area contributed by atoms with Gasteiger partial charge in [0.2, 0.25) is 0 Å². The molecule has 15 heavy (non-hydrogen) atoms. The van der Waals surface area contributed by atoms with E-state index >= 15 is 0 Å². The Balaban J connectivity index is 2.00. The Kier molecular flexibility index (Phi) is 2.77. The van der Waals surface area contributed by atoms with Crippen LogP contribution in [0.15, 0.2) is 12.3 Å². The van der Waals surface area contributed by atoms with Crippen LogP contribution >= 0.6 is 11.6 Å². The van der Waals surface area contributed by atoms with Gasteiger partial charge >= 0.3 is 0 Å². The molecule has 0 aliphatic heterocycles. The summed E-state index contributed by atoms with van der Waals surface area (Å²) in [4.78, 5) is 15.4. The van der Waals surface area contributed by atoms with Crippen LogP contribution in [-0.2, 0) is 0 Å². The van der Waals surface area contributed by atoms with Crippen molar-refractivity contribution < 1.29 is 4.79 Å². The van der Waals surface area contributed by atoms with E-state index in [9.17, 15) is 4.79 Å². The lowest BCUT2D eigenvalue weighted by Gasteiger charge is -2.04. The number of rotatable bonds is 3. The minimum absolute atomic E-state index is 0.142. The van der Waals surface area contributed by atoms with Crippen molar-refractivity contribution in [2.75, 3.05) is 12.3 Å². The van der Waals surface area contributed by atoms with Crippen LogP contribution in [0.5, 0.6) is 0 Å². The maximum atomic E-state index is 11.6. The van der Waals surface area contributed by atoms with Crippen LogP contribution in [0.2, 0.25) is 5.02 Å². The van der Waals surface area contributed by atoms with Crippen LogP contribution in [0.25, 0.3) is 0 Å². The van der Waals surface area contributed by atoms with Crippen molar-refractivity contribution in [2.45, 2.75) is 12.8 Å². The molecule has 1 heterocycles. The lowest BCUT2D eigenvalue weighted by molar-refractivity contribution is 0.0951. The zero-order chi connectivity index (χ0) is 10.8. The molecule has 3 N–H and O–H groups in total. The van der Waals surface area contributed by atoms with E-state index in [1.54, 1.807) is 0 Å². The summed E-state index contributed by atoms with van der Waals surface area (Å²) in [6.45, 7) is 0.737. The Bertz CT molecular complexity index is 390. The van der Waals surface area contributed by atoms with Crippen molar-refractivity contribution in [1.29, 1.82) is 0 Å². The molecule has 0 spiro atoms. The number of nitrogens with zero attached hydrogens (tertiary/aromatic N) is 1. The van der Waals surface area contributed by atoms with Crippen molar-refractivity contribution in [2.24, 2.45) is 5.92 Å². The van der Waals surface area contributed by atoms with Crippen LogP contribution in [-0.4, -0.2) is 17.4 Å². The normalized spacial score (nSPS) is 15.0.